The monoisotopic (exact) mass is 637 g/mol. The Labute approximate surface area is 261 Å². The summed E-state index contributed by atoms with van der Waals surface area (Å²) in [6.45, 7) is 4.87. The van der Waals surface area contributed by atoms with Crippen LogP contribution in [0.5, 0.6) is 0 Å². The fourth-order valence-electron chi connectivity index (χ4n) is 5.92. The van der Waals surface area contributed by atoms with Crippen LogP contribution in [-0.4, -0.2) is 68.8 Å². The van der Waals surface area contributed by atoms with Gasteiger partial charge in [-0.3, -0.25) is 4.79 Å². The Hall–Kier alpha value is -4.66. The second-order valence-corrected chi connectivity index (χ2v) is 11.3. The van der Waals surface area contributed by atoms with Crippen LogP contribution in [0, 0.1) is 0 Å². The predicted molar refractivity (Wildman–Crippen MR) is 157 cm³/mol. The summed E-state index contributed by atoms with van der Waals surface area (Å²) in [6, 6.07) is 14.6. The van der Waals surface area contributed by atoms with E-state index in [0.29, 0.717) is 22.3 Å². The molecule has 5 atom stereocenters. The predicted octanol–water partition coefficient (Wildman–Crippen LogP) is 5.12. The minimum atomic E-state index is -5.13. The van der Waals surface area contributed by atoms with E-state index < -0.39 is 53.5 Å². The number of hydrogen-bond donors (Lipinski definition) is 1. The summed E-state index contributed by atoms with van der Waals surface area (Å²) in [4.78, 5) is 39.3. The maximum Gasteiger partial charge on any atom is 0.432 e. The van der Waals surface area contributed by atoms with Crippen molar-refractivity contribution in [1.82, 2.24) is 19.5 Å². The highest BCUT2D eigenvalue weighted by atomic mass is 19.4. The van der Waals surface area contributed by atoms with Crippen LogP contribution in [0.25, 0.3) is 11.2 Å². The standard InChI is InChI=1S/C32H30F3N5O6/c1-18(44-29(42)31(43-4,32(33,34)35)20-13-9-6-10-14-20)21-15-22(25-24(21)45-30(2,3)46-25)40-17-38-23-26(36-16-37-27(23)40)39-28(41)19-11-7-5-8-12-19/h5-18,22,24-25H,1-4H3,(H,36,37,39,41)/t18-,22-,24-,25+,31+/m1/s1. The van der Waals surface area contributed by atoms with Gasteiger partial charge in [-0.15, -0.1) is 0 Å². The second-order valence-electron chi connectivity index (χ2n) is 11.3. The number of ether oxygens (including phenoxy) is 4. The number of fused-ring (bicyclic) bond motifs is 2. The maximum atomic E-state index is 14.5. The molecule has 1 N–H and O–H groups in total. The average Bonchev–Trinajstić information content (AvgIpc) is 3.69. The van der Waals surface area contributed by atoms with Crippen LogP contribution >= 0.6 is 0 Å². The number of methoxy groups -OCH3 is 1. The molecule has 0 radical (unpaired) electrons. The number of anilines is 1. The molecule has 3 heterocycles. The zero-order chi connectivity index (χ0) is 32.9. The summed E-state index contributed by atoms with van der Waals surface area (Å²) in [6.07, 6.45) is -3.27. The lowest BCUT2D eigenvalue weighted by atomic mass is 9.92. The lowest BCUT2D eigenvalue weighted by Gasteiger charge is -2.33. The van der Waals surface area contributed by atoms with Gasteiger partial charge in [0.2, 0.25) is 0 Å². The van der Waals surface area contributed by atoms with E-state index in [-0.39, 0.29) is 11.7 Å². The number of aromatic nitrogens is 4. The molecule has 4 aromatic rings. The Morgan fingerprint density at radius 3 is 2.33 bits per heavy atom. The van der Waals surface area contributed by atoms with E-state index in [1.165, 1.54) is 37.8 Å². The van der Waals surface area contributed by atoms with Crippen molar-refractivity contribution in [1.29, 1.82) is 0 Å². The van der Waals surface area contributed by atoms with E-state index in [2.05, 4.69) is 20.3 Å². The molecule has 1 amide bonds. The molecule has 240 valence electrons. The summed E-state index contributed by atoms with van der Waals surface area (Å²) in [5.41, 5.74) is -2.29. The molecule has 14 heteroatoms. The Kier molecular flexibility index (Phi) is 7.90. The van der Waals surface area contributed by atoms with Crippen molar-refractivity contribution < 1.29 is 41.7 Å². The third kappa shape index (κ3) is 5.31. The molecule has 2 aliphatic rings. The number of imidazole rings is 1. The Morgan fingerprint density at radius 2 is 1.67 bits per heavy atom. The first-order chi connectivity index (χ1) is 21.9. The summed E-state index contributed by atoms with van der Waals surface area (Å²) in [7, 11) is 0.812. The lowest BCUT2D eigenvalue weighted by Crippen LogP contribution is -2.52. The van der Waals surface area contributed by atoms with Crippen molar-refractivity contribution in [3.8, 4) is 0 Å². The number of alkyl halides is 3. The molecule has 11 nitrogen and oxygen atoms in total. The Bertz CT molecular complexity index is 1800. The molecule has 46 heavy (non-hydrogen) atoms. The Morgan fingerprint density at radius 1 is 1.00 bits per heavy atom. The van der Waals surface area contributed by atoms with E-state index in [9.17, 15) is 22.8 Å². The molecule has 0 bridgehead atoms. The smallest absolute Gasteiger partial charge is 0.432 e. The van der Waals surface area contributed by atoms with Gasteiger partial charge in [-0.05, 0) is 38.5 Å². The normalized spacial score (nSPS) is 22.5. The molecule has 1 aliphatic carbocycles. The van der Waals surface area contributed by atoms with Gasteiger partial charge in [-0.2, -0.15) is 13.2 Å². The average molecular weight is 638 g/mol. The van der Waals surface area contributed by atoms with Crippen molar-refractivity contribution in [2.75, 3.05) is 12.4 Å². The fraction of sp³-hybridized carbons (Fsp3) is 0.344. The van der Waals surface area contributed by atoms with Gasteiger partial charge in [0.1, 0.15) is 24.6 Å². The zero-order valence-corrected chi connectivity index (χ0v) is 25.2. The van der Waals surface area contributed by atoms with Crippen molar-refractivity contribution in [2.45, 2.75) is 62.7 Å². The number of amides is 1. The van der Waals surface area contributed by atoms with Gasteiger partial charge in [-0.1, -0.05) is 54.6 Å². The number of carbonyl (C=O) groups excluding carboxylic acids is 2. The van der Waals surface area contributed by atoms with Gasteiger partial charge >= 0.3 is 12.1 Å². The maximum absolute atomic E-state index is 14.5. The molecule has 0 spiro atoms. The van der Waals surface area contributed by atoms with Gasteiger partial charge in [0.05, 0.1) is 12.4 Å². The number of benzene rings is 2. The van der Waals surface area contributed by atoms with E-state index in [4.69, 9.17) is 18.9 Å². The van der Waals surface area contributed by atoms with Crippen LogP contribution in [0.15, 0.2) is 85.0 Å². The number of nitrogens with zero attached hydrogens (tertiary/aromatic N) is 4. The van der Waals surface area contributed by atoms with Crippen LogP contribution in [-0.2, 0) is 29.3 Å². The summed E-state index contributed by atoms with van der Waals surface area (Å²) >= 11 is 0. The molecule has 1 saturated heterocycles. The summed E-state index contributed by atoms with van der Waals surface area (Å²) < 4.78 is 68.1. The third-order valence-electron chi connectivity index (χ3n) is 8.03. The molecule has 1 fully saturated rings. The number of hydrogen-bond acceptors (Lipinski definition) is 9. The zero-order valence-electron chi connectivity index (χ0n) is 25.2. The van der Waals surface area contributed by atoms with Crippen LogP contribution in [0.2, 0.25) is 0 Å². The molecule has 2 aromatic carbocycles. The summed E-state index contributed by atoms with van der Waals surface area (Å²) in [5, 5.41) is 2.76. The number of nitrogens with one attached hydrogen (secondary N) is 1. The first kappa shape index (κ1) is 31.3. The molecule has 6 rings (SSSR count). The number of rotatable bonds is 8. The lowest BCUT2D eigenvalue weighted by molar-refractivity contribution is -0.277. The summed E-state index contributed by atoms with van der Waals surface area (Å²) in [5.74, 6) is -2.89. The van der Waals surface area contributed by atoms with Gasteiger partial charge in [0.25, 0.3) is 11.5 Å². The van der Waals surface area contributed by atoms with E-state index in [1.54, 1.807) is 54.8 Å². The van der Waals surface area contributed by atoms with Gasteiger partial charge in [-0.25, -0.2) is 19.7 Å². The first-order valence-corrected chi connectivity index (χ1v) is 14.4. The number of carbonyl (C=O) groups is 2. The van der Waals surface area contributed by atoms with Crippen molar-refractivity contribution in [3.63, 3.8) is 0 Å². The van der Waals surface area contributed by atoms with Crippen molar-refractivity contribution in [2.24, 2.45) is 0 Å². The molecule has 1 aliphatic heterocycles. The highest BCUT2D eigenvalue weighted by Crippen LogP contribution is 2.47. The van der Waals surface area contributed by atoms with Crippen molar-refractivity contribution in [3.05, 3.63) is 96.1 Å². The van der Waals surface area contributed by atoms with Crippen molar-refractivity contribution >= 4 is 28.9 Å². The first-order valence-electron chi connectivity index (χ1n) is 14.4. The molecule has 2 aromatic heterocycles. The topological polar surface area (TPSA) is 127 Å². The third-order valence-corrected chi connectivity index (χ3v) is 8.03. The number of esters is 1. The van der Waals surface area contributed by atoms with Crippen LogP contribution < -0.4 is 5.32 Å². The van der Waals surface area contributed by atoms with Gasteiger partial charge < -0.3 is 28.8 Å². The fourth-order valence-corrected chi connectivity index (χ4v) is 5.92. The van der Waals surface area contributed by atoms with E-state index in [0.717, 1.165) is 19.2 Å². The number of halogens is 3. The minimum absolute atomic E-state index is 0.187. The highest BCUT2D eigenvalue weighted by Gasteiger charge is 2.64. The van der Waals surface area contributed by atoms with E-state index >= 15 is 0 Å². The SMILES string of the molecule is CO[C@](C(=O)O[C@H](C)C1=C[C@@H](n2cnc3c(NC(=O)c4ccccc4)ncnc32)[C@@H]2OC(C)(C)O[C@H]12)(c1ccccc1)C(F)(F)F. The molecular weight excluding hydrogens is 607 g/mol. The van der Waals surface area contributed by atoms with Gasteiger partial charge in [0, 0.05) is 18.2 Å². The van der Waals surface area contributed by atoms with E-state index in [1.807, 2.05) is 0 Å². The molecular formula is C32H30F3N5O6. The van der Waals surface area contributed by atoms with Crippen LogP contribution in [0.1, 0.15) is 42.7 Å². The largest absolute Gasteiger partial charge is 0.455 e. The molecule has 0 unspecified atom stereocenters. The minimum Gasteiger partial charge on any atom is -0.455 e. The highest BCUT2D eigenvalue weighted by molar-refractivity contribution is 6.06. The quantitative estimate of drug-likeness (QED) is 0.207. The molecule has 0 saturated carbocycles. The van der Waals surface area contributed by atoms with Crippen LogP contribution in [0.4, 0.5) is 19.0 Å². The second kappa shape index (κ2) is 11.6. The van der Waals surface area contributed by atoms with Gasteiger partial charge in [0.15, 0.2) is 22.8 Å². The Balaban J connectivity index is 1.33. The van der Waals surface area contributed by atoms with Crippen LogP contribution in [0.3, 0.4) is 0 Å².